The molecule has 1 aliphatic heterocycles. The van der Waals surface area contributed by atoms with E-state index < -0.39 is 14.9 Å². The van der Waals surface area contributed by atoms with Gasteiger partial charge < -0.3 is 10.1 Å². The average molecular weight is 377 g/mol. The maximum atomic E-state index is 13.1. The van der Waals surface area contributed by atoms with Crippen molar-refractivity contribution in [2.24, 2.45) is 0 Å². The van der Waals surface area contributed by atoms with Gasteiger partial charge in [-0.15, -0.1) is 0 Å². The molecule has 1 atom stereocenters. The van der Waals surface area contributed by atoms with Crippen LogP contribution in [0.3, 0.4) is 0 Å². The number of nitrogens with one attached hydrogen (secondary N) is 1. The van der Waals surface area contributed by atoms with E-state index in [4.69, 9.17) is 4.74 Å². The van der Waals surface area contributed by atoms with Crippen LogP contribution in [0.5, 0.6) is 5.75 Å². The number of benzene rings is 2. The molecular formula is C17H19N3O5S. The number of nitro benzene ring substituents is 1. The van der Waals surface area contributed by atoms with Crippen molar-refractivity contribution in [2.45, 2.75) is 10.9 Å². The van der Waals surface area contributed by atoms with Crippen molar-refractivity contribution in [2.75, 3.05) is 26.7 Å². The Balaban J connectivity index is 1.93. The summed E-state index contributed by atoms with van der Waals surface area (Å²) in [5.41, 5.74) is 0.708. The molecule has 0 spiro atoms. The third-order valence-corrected chi connectivity index (χ3v) is 6.27. The first-order chi connectivity index (χ1) is 12.4. The zero-order valence-electron chi connectivity index (χ0n) is 14.2. The summed E-state index contributed by atoms with van der Waals surface area (Å²) in [6.07, 6.45) is 0. The molecule has 0 saturated carbocycles. The number of nitro groups is 1. The third-order valence-electron chi connectivity index (χ3n) is 4.35. The Labute approximate surface area is 151 Å². The van der Waals surface area contributed by atoms with Gasteiger partial charge in [0.15, 0.2) is 0 Å². The van der Waals surface area contributed by atoms with Crippen LogP contribution in [0.15, 0.2) is 53.4 Å². The van der Waals surface area contributed by atoms with Gasteiger partial charge in [0.2, 0.25) is 10.0 Å². The summed E-state index contributed by atoms with van der Waals surface area (Å²) < 4.78 is 32.7. The lowest BCUT2D eigenvalue weighted by Gasteiger charge is -2.35. The van der Waals surface area contributed by atoms with Crippen LogP contribution in [0.2, 0.25) is 0 Å². The summed E-state index contributed by atoms with van der Waals surface area (Å²) in [7, 11) is -2.21. The number of hydrogen-bond donors (Lipinski definition) is 1. The van der Waals surface area contributed by atoms with Gasteiger partial charge in [-0.3, -0.25) is 10.1 Å². The van der Waals surface area contributed by atoms with Crippen LogP contribution in [0.25, 0.3) is 0 Å². The Morgan fingerprint density at radius 1 is 1.15 bits per heavy atom. The highest BCUT2D eigenvalue weighted by molar-refractivity contribution is 7.89. The van der Waals surface area contributed by atoms with Crippen molar-refractivity contribution >= 4 is 15.7 Å². The van der Waals surface area contributed by atoms with Gasteiger partial charge in [-0.25, -0.2) is 8.42 Å². The van der Waals surface area contributed by atoms with E-state index >= 15 is 0 Å². The van der Waals surface area contributed by atoms with E-state index in [1.54, 1.807) is 19.2 Å². The molecule has 2 aromatic carbocycles. The van der Waals surface area contributed by atoms with Crippen LogP contribution < -0.4 is 10.1 Å². The van der Waals surface area contributed by atoms with Gasteiger partial charge in [0.1, 0.15) is 5.75 Å². The zero-order valence-corrected chi connectivity index (χ0v) is 15.0. The van der Waals surface area contributed by atoms with Gasteiger partial charge in [0.25, 0.3) is 5.69 Å². The highest BCUT2D eigenvalue weighted by Gasteiger charge is 2.34. The van der Waals surface area contributed by atoms with Gasteiger partial charge in [0.05, 0.1) is 23.0 Å². The Hall–Kier alpha value is -2.49. The van der Waals surface area contributed by atoms with Crippen LogP contribution in [0.1, 0.15) is 11.6 Å². The van der Waals surface area contributed by atoms with Crippen molar-refractivity contribution in [3.05, 3.63) is 64.2 Å². The van der Waals surface area contributed by atoms with E-state index in [9.17, 15) is 18.5 Å². The lowest BCUT2D eigenvalue weighted by atomic mass is 10.1. The van der Waals surface area contributed by atoms with Gasteiger partial charge in [-0.1, -0.05) is 12.1 Å². The van der Waals surface area contributed by atoms with Crippen LogP contribution in [0.4, 0.5) is 5.69 Å². The van der Waals surface area contributed by atoms with E-state index in [0.717, 1.165) is 5.56 Å². The fraction of sp³-hybridized carbons (Fsp3) is 0.294. The average Bonchev–Trinajstić information content (AvgIpc) is 2.68. The molecule has 1 saturated heterocycles. The first kappa shape index (κ1) is 18.3. The second-order valence-electron chi connectivity index (χ2n) is 5.86. The summed E-state index contributed by atoms with van der Waals surface area (Å²) in [6.45, 7) is 1.34. The van der Waals surface area contributed by atoms with Crippen LogP contribution in [-0.4, -0.2) is 44.4 Å². The van der Waals surface area contributed by atoms with Crippen molar-refractivity contribution in [1.29, 1.82) is 0 Å². The summed E-state index contributed by atoms with van der Waals surface area (Å²) in [4.78, 5) is 10.3. The maximum Gasteiger partial charge on any atom is 0.269 e. The molecule has 1 aliphatic rings. The van der Waals surface area contributed by atoms with Crippen LogP contribution in [-0.2, 0) is 10.0 Å². The minimum atomic E-state index is -3.78. The second-order valence-corrected chi connectivity index (χ2v) is 7.75. The van der Waals surface area contributed by atoms with Crippen molar-refractivity contribution in [1.82, 2.24) is 9.62 Å². The van der Waals surface area contributed by atoms with E-state index in [0.29, 0.717) is 25.4 Å². The molecule has 9 heteroatoms. The first-order valence-corrected chi connectivity index (χ1v) is 9.48. The number of hydrogen-bond acceptors (Lipinski definition) is 6. The fourth-order valence-electron chi connectivity index (χ4n) is 2.96. The molecule has 0 aromatic heterocycles. The summed E-state index contributed by atoms with van der Waals surface area (Å²) in [5.74, 6) is 0.697. The molecule has 0 radical (unpaired) electrons. The standard InChI is InChI=1S/C17H19N3O5S/c1-25-15-6-2-13(3-7-15)17-12-18-10-11-19(17)26(23,24)16-8-4-14(5-9-16)20(21)22/h2-9,17-18H,10-12H2,1H3. The quantitative estimate of drug-likeness (QED) is 0.631. The largest absolute Gasteiger partial charge is 0.497 e. The smallest absolute Gasteiger partial charge is 0.269 e. The molecule has 3 rings (SSSR count). The number of nitrogens with zero attached hydrogens (tertiary/aromatic N) is 2. The first-order valence-electron chi connectivity index (χ1n) is 8.04. The second kappa shape index (κ2) is 7.40. The molecule has 0 aliphatic carbocycles. The Kier molecular flexibility index (Phi) is 5.21. The predicted molar refractivity (Wildman–Crippen MR) is 95.6 cm³/mol. The molecule has 1 unspecified atom stereocenters. The molecule has 0 bridgehead atoms. The summed E-state index contributed by atoms with van der Waals surface area (Å²) in [6, 6.07) is 11.9. The lowest BCUT2D eigenvalue weighted by Crippen LogP contribution is -2.48. The number of piperazine rings is 1. The minimum Gasteiger partial charge on any atom is -0.497 e. The number of ether oxygens (including phenoxy) is 1. The highest BCUT2D eigenvalue weighted by Crippen LogP contribution is 2.30. The number of sulfonamides is 1. The van der Waals surface area contributed by atoms with Gasteiger partial charge in [-0.05, 0) is 29.8 Å². The minimum absolute atomic E-state index is 0.0449. The monoisotopic (exact) mass is 377 g/mol. The number of methoxy groups -OCH3 is 1. The molecular weight excluding hydrogens is 358 g/mol. The normalized spacial score (nSPS) is 18.4. The van der Waals surface area contributed by atoms with E-state index in [1.165, 1.54) is 28.6 Å². The molecule has 26 heavy (non-hydrogen) atoms. The lowest BCUT2D eigenvalue weighted by molar-refractivity contribution is -0.384. The summed E-state index contributed by atoms with van der Waals surface area (Å²) >= 11 is 0. The van der Waals surface area contributed by atoms with Gasteiger partial charge >= 0.3 is 0 Å². The SMILES string of the molecule is COc1ccc(C2CNCCN2S(=O)(=O)c2ccc([N+](=O)[O-])cc2)cc1. The zero-order chi connectivity index (χ0) is 18.7. The molecule has 2 aromatic rings. The maximum absolute atomic E-state index is 13.1. The topological polar surface area (TPSA) is 102 Å². The Morgan fingerprint density at radius 3 is 2.38 bits per heavy atom. The van der Waals surface area contributed by atoms with Crippen molar-refractivity contribution < 1.29 is 18.1 Å². The van der Waals surface area contributed by atoms with Crippen molar-refractivity contribution in [3.63, 3.8) is 0 Å². The van der Waals surface area contributed by atoms with Crippen LogP contribution >= 0.6 is 0 Å². The van der Waals surface area contributed by atoms with E-state index in [2.05, 4.69) is 5.32 Å². The number of rotatable bonds is 5. The van der Waals surface area contributed by atoms with E-state index in [-0.39, 0.29) is 16.6 Å². The number of non-ortho nitro benzene ring substituents is 1. The molecule has 1 fully saturated rings. The summed E-state index contributed by atoms with van der Waals surface area (Å²) in [5, 5.41) is 14.0. The molecule has 0 amide bonds. The Morgan fingerprint density at radius 2 is 1.81 bits per heavy atom. The molecule has 1 heterocycles. The molecule has 138 valence electrons. The van der Waals surface area contributed by atoms with Gasteiger partial charge in [0, 0.05) is 31.8 Å². The molecule has 8 nitrogen and oxygen atoms in total. The predicted octanol–water partition coefficient (Wildman–Crippen LogP) is 1.94. The highest BCUT2D eigenvalue weighted by atomic mass is 32.2. The van der Waals surface area contributed by atoms with Crippen molar-refractivity contribution in [3.8, 4) is 5.75 Å². The Bertz CT molecular complexity index is 882. The third kappa shape index (κ3) is 3.55. The fourth-order valence-corrected chi connectivity index (χ4v) is 4.57. The van der Waals surface area contributed by atoms with E-state index in [1.807, 2.05) is 12.1 Å². The van der Waals surface area contributed by atoms with Crippen LogP contribution in [0, 0.1) is 10.1 Å². The molecule has 1 N–H and O–H groups in total. The van der Waals surface area contributed by atoms with Gasteiger partial charge in [-0.2, -0.15) is 4.31 Å².